The standard InChI is InChI=1S/C20H19Cl3N4OS2/c1-12-3-5-13(6-4-12)9-29-10-18-25-26-20(27(18)2)30-11-19(28)24-17-8-15(22)14(21)7-16(17)23/h3-8H,9-11H2,1-2H3,(H,24,28). The van der Waals surface area contributed by atoms with Crippen LogP contribution >= 0.6 is 58.3 Å². The molecule has 0 bridgehead atoms. The molecule has 3 aromatic rings. The number of halogens is 3. The number of hydrogen-bond acceptors (Lipinski definition) is 5. The van der Waals surface area contributed by atoms with Crippen LogP contribution in [-0.4, -0.2) is 26.4 Å². The van der Waals surface area contributed by atoms with Crippen LogP contribution in [0, 0.1) is 6.92 Å². The SMILES string of the molecule is Cc1ccc(CSCc2nnc(SCC(=O)Nc3cc(Cl)c(Cl)cc3Cl)n2C)cc1. The van der Waals surface area contributed by atoms with Gasteiger partial charge in [-0.05, 0) is 24.6 Å². The first-order chi connectivity index (χ1) is 14.3. The molecule has 1 amide bonds. The molecule has 5 nitrogen and oxygen atoms in total. The molecule has 0 aliphatic rings. The van der Waals surface area contributed by atoms with E-state index in [2.05, 4.69) is 46.7 Å². The Bertz CT molecular complexity index is 1040. The van der Waals surface area contributed by atoms with Gasteiger partial charge in [0.2, 0.25) is 5.91 Å². The summed E-state index contributed by atoms with van der Waals surface area (Å²) in [5, 5.41) is 12.8. The van der Waals surface area contributed by atoms with Gasteiger partial charge in [-0.15, -0.1) is 22.0 Å². The number of anilines is 1. The molecule has 0 aliphatic heterocycles. The van der Waals surface area contributed by atoms with Gasteiger partial charge in [-0.1, -0.05) is 76.4 Å². The van der Waals surface area contributed by atoms with Crippen LogP contribution in [0.25, 0.3) is 0 Å². The number of aryl methyl sites for hydroxylation is 1. The Kier molecular flexibility index (Phi) is 8.36. The minimum Gasteiger partial charge on any atom is -0.324 e. The van der Waals surface area contributed by atoms with Gasteiger partial charge in [0, 0.05) is 12.8 Å². The summed E-state index contributed by atoms with van der Waals surface area (Å²) < 4.78 is 1.91. The number of carbonyl (C=O) groups excluding carboxylic acids is 1. The largest absolute Gasteiger partial charge is 0.324 e. The molecule has 0 atom stereocenters. The van der Waals surface area contributed by atoms with Gasteiger partial charge in [0.1, 0.15) is 5.82 Å². The van der Waals surface area contributed by atoms with E-state index in [0.29, 0.717) is 25.9 Å². The van der Waals surface area contributed by atoms with Gasteiger partial charge >= 0.3 is 0 Å². The predicted molar refractivity (Wildman–Crippen MR) is 128 cm³/mol. The zero-order valence-corrected chi connectivity index (χ0v) is 20.2. The number of carbonyl (C=O) groups is 1. The van der Waals surface area contributed by atoms with Crippen molar-refractivity contribution in [1.29, 1.82) is 0 Å². The van der Waals surface area contributed by atoms with Gasteiger partial charge in [-0.3, -0.25) is 4.79 Å². The Hall–Kier alpha value is -1.38. The summed E-state index contributed by atoms with van der Waals surface area (Å²) >= 11 is 21.1. The molecule has 0 radical (unpaired) electrons. The van der Waals surface area contributed by atoms with E-state index in [1.54, 1.807) is 11.8 Å². The lowest BCUT2D eigenvalue weighted by Crippen LogP contribution is -2.15. The molecule has 10 heteroatoms. The molecule has 158 valence electrons. The highest BCUT2D eigenvalue weighted by atomic mass is 35.5. The second-order valence-electron chi connectivity index (χ2n) is 6.52. The van der Waals surface area contributed by atoms with Crippen molar-refractivity contribution in [3.63, 3.8) is 0 Å². The minimum absolute atomic E-state index is 0.166. The molecule has 1 N–H and O–H groups in total. The van der Waals surface area contributed by atoms with Gasteiger partial charge in [0.05, 0.1) is 32.3 Å². The zero-order chi connectivity index (χ0) is 21.7. The minimum atomic E-state index is -0.224. The summed E-state index contributed by atoms with van der Waals surface area (Å²) in [5.41, 5.74) is 2.95. The third-order valence-electron chi connectivity index (χ3n) is 4.16. The van der Waals surface area contributed by atoms with E-state index in [9.17, 15) is 4.79 Å². The number of benzene rings is 2. The molecular weight excluding hydrogens is 483 g/mol. The number of thioether (sulfide) groups is 2. The predicted octanol–water partition coefficient (Wildman–Crippen LogP) is 6.25. The van der Waals surface area contributed by atoms with E-state index in [0.717, 1.165) is 17.3 Å². The van der Waals surface area contributed by atoms with E-state index in [-0.39, 0.29) is 11.7 Å². The Morgan fingerprint density at radius 3 is 2.47 bits per heavy atom. The lowest BCUT2D eigenvalue weighted by molar-refractivity contribution is -0.113. The molecule has 1 heterocycles. The van der Waals surface area contributed by atoms with E-state index in [4.69, 9.17) is 34.8 Å². The van der Waals surface area contributed by atoms with Crippen molar-refractivity contribution in [3.8, 4) is 0 Å². The number of nitrogens with one attached hydrogen (secondary N) is 1. The van der Waals surface area contributed by atoms with Crippen LogP contribution in [0.5, 0.6) is 0 Å². The van der Waals surface area contributed by atoms with Crippen LogP contribution in [0.1, 0.15) is 17.0 Å². The van der Waals surface area contributed by atoms with Crippen molar-refractivity contribution in [2.75, 3.05) is 11.1 Å². The number of nitrogens with zero attached hydrogens (tertiary/aromatic N) is 3. The average molecular weight is 502 g/mol. The summed E-state index contributed by atoms with van der Waals surface area (Å²) in [4.78, 5) is 12.3. The third kappa shape index (κ3) is 6.31. The van der Waals surface area contributed by atoms with Gasteiger partial charge in [0.15, 0.2) is 5.16 Å². The van der Waals surface area contributed by atoms with Crippen molar-refractivity contribution in [1.82, 2.24) is 14.8 Å². The number of hydrogen-bond donors (Lipinski definition) is 1. The fourth-order valence-corrected chi connectivity index (χ4v) is 4.76. The van der Waals surface area contributed by atoms with Crippen LogP contribution in [0.2, 0.25) is 15.1 Å². The Labute approximate surface area is 198 Å². The van der Waals surface area contributed by atoms with Gasteiger partial charge < -0.3 is 9.88 Å². The summed E-state index contributed by atoms with van der Waals surface area (Å²) in [7, 11) is 1.90. The van der Waals surface area contributed by atoms with Gasteiger partial charge in [-0.2, -0.15) is 0 Å². The van der Waals surface area contributed by atoms with Crippen LogP contribution in [0.4, 0.5) is 5.69 Å². The van der Waals surface area contributed by atoms with E-state index in [1.807, 2.05) is 11.6 Å². The molecule has 0 fully saturated rings. The second-order valence-corrected chi connectivity index (χ2v) is 9.67. The van der Waals surface area contributed by atoms with Crippen molar-refractivity contribution < 1.29 is 4.79 Å². The third-order valence-corrected chi connectivity index (χ3v) is 7.22. The first-order valence-corrected chi connectivity index (χ1v) is 12.2. The summed E-state index contributed by atoms with van der Waals surface area (Å²) in [6.07, 6.45) is 0. The Morgan fingerprint density at radius 2 is 1.73 bits per heavy atom. The maximum absolute atomic E-state index is 12.3. The molecule has 1 aromatic heterocycles. The van der Waals surface area contributed by atoms with E-state index < -0.39 is 0 Å². The molecule has 2 aromatic carbocycles. The van der Waals surface area contributed by atoms with E-state index in [1.165, 1.54) is 35.0 Å². The van der Waals surface area contributed by atoms with Crippen molar-refractivity contribution >= 4 is 69.9 Å². The smallest absolute Gasteiger partial charge is 0.234 e. The van der Waals surface area contributed by atoms with Crippen molar-refractivity contribution in [3.05, 3.63) is 68.4 Å². The topological polar surface area (TPSA) is 59.8 Å². The van der Waals surface area contributed by atoms with Crippen LogP contribution in [0.15, 0.2) is 41.6 Å². The van der Waals surface area contributed by atoms with E-state index >= 15 is 0 Å². The highest BCUT2D eigenvalue weighted by molar-refractivity contribution is 7.99. The van der Waals surface area contributed by atoms with Gasteiger partial charge in [-0.25, -0.2) is 0 Å². The second kappa shape index (κ2) is 10.8. The summed E-state index contributed by atoms with van der Waals surface area (Å²) in [6, 6.07) is 11.5. The average Bonchev–Trinajstić information content (AvgIpc) is 3.06. The molecule has 0 saturated heterocycles. The maximum Gasteiger partial charge on any atom is 0.234 e. The summed E-state index contributed by atoms with van der Waals surface area (Å²) in [6.45, 7) is 2.08. The maximum atomic E-state index is 12.3. The lowest BCUT2D eigenvalue weighted by Gasteiger charge is -2.08. The van der Waals surface area contributed by atoms with Crippen LogP contribution in [0.3, 0.4) is 0 Å². The van der Waals surface area contributed by atoms with Crippen molar-refractivity contribution in [2.45, 2.75) is 23.6 Å². The molecule has 0 saturated carbocycles. The molecule has 0 aliphatic carbocycles. The molecule has 30 heavy (non-hydrogen) atoms. The van der Waals surface area contributed by atoms with Crippen LogP contribution in [-0.2, 0) is 23.3 Å². The molecular formula is C20H19Cl3N4OS2. The molecule has 0 spiro atoms. The fourth-order valence-electron chi connectivity index (χ4n) is 2.48. The summed E-state index contributed by atoms with van der Waals surface area (Å²) in [5.74, 6) is 2.45. The van der Waals surface area contributed by atoms with Gasteiger partial charge in [0.25, 0.3) is 0 Å². The lowest BCUT2D eigenvalue weighted by atomic mass is 10.2. The highest BCUT2D eigenvalue weighted by Crippen LogP contribution is 2.32. The quantitative estimate of drug-likeness (QED) is 0.292. The number of rotatable bonds is 8. The Morgan fingerprint density at radius 1 is 1.03 bits per heavy atom. The van der Waals surface area contributed by atoms with Crippen molar-refractivity contribution in [2.24, 2.45) is 7.05 Å². The van der Waals surface area contributed by atoms with Crippen LogP contribution < -0.4 is 5.32 Å². The number of aromatic nitrogens is 3. The monoisotopic (exact) mass is 500 g/mol. The number of amides is 1. The molecule has 3 rings (SSSR count). The fraction of sp³-hybridized carbons (Fsp3) is 0.250. The zero-order valence-electron chi connectivity index (χ0n) is 16.3. The highest BCUT2D eigenvalue weighted by Gasteiger charge is 2.13. The Balaban J connectivity index is 1.50. The normalized spacial score (nSPS) is 11.0. The first kappa shape index (κ1) is 23.3. The first-order valence-electron chi connectivity index (χ1n) is 8.92. The molecule has 0 unspecified atom stereocenters.